The quantitative estimate of drug-likeness (QED) is 0.889. The molecule has 110 valence electrons. The molecule has 5 heteroatoms. The number of halogens is 2. The van der Waals surface area contributed by atoms with Gasteiger partial charge in [-0.15, -0.1) is 0 Å². The van der Waals surface area contributed by atoms with Crippen molar-refractivity contribution in [1.82, 2.24) is 10.2 Å². The SMILES string of the molecule is CNCCC1CCCCN1C(=O)c1cc(Br)ccc1Cl. The third-order valence-corrected chi connectivity index (χ3v) is 4.60. The van der Waals surface area contributed by atoms with Crippen LogP contribution in [0.4, 0.5) is 0 Å². The Bertz CT molecular complexity index is 481. The highest BCUT2D eigenvalue weighted by Gasteiger charge is 2.28. The summed E-state index contributed by atoms with van der Waals surface area (Å²) in [6, 6.07) is 5.76. The molecule has 1 aromatic carbocycles. The van der Waals surface area contributed by atoms with Gasteiger partial charge in [0.25, 0.3) is 5.91 Å². The molecule has 1 saturated heterocycles. The van der Waals surface area contributed by atoms with Gasteiger partial charge in [0, 0.05) is 17.1 Å². The Hall–Kier alpha value is -0.580. The number of hydrogen-bond acceptors (Lipinski definition) is 2. The number of nitrogens with one attached hydrogen (secondary N) is 1. The lowest BCUT2D eigenvalue weighted by molar-refractivity contribution is 0.0602. The summed E-state index contributed by atoms with van der Waals surface area (Å²) in [5, 5.41) is 3.69. The van der Waals surface area contributed by atoms with Gasteiger partial charge >= 0.3 is 0 Å². The van der Waals surface area contributed by atoms with E-state index in [9.17, 15) is 4.79 Å². The van der Waals surface area contributed by atoms with E-state index in [1.807, 2.05) is 24.1 Å². The maximum atomic E-state index is 12.7. The first kappa shape index (κ1) is 15.8. The fourth-order valence-electron chi connectivity index (χ4n) is 2.70. The van der Waals surface area contributed by atoms with Crippen LogP contribution in [-0.4, -0.2) is 37.0 Å². The Morgan fingerprint density at radius 2 is 2.30 bits per heavy atom. The number of amides is 1. The van der Waals surface area contributed by atoms with Crippen LogP contribution in [-0.2, 0) is 0 Å². The number of rotatable bonds is 4. The van der Waals surface area contributed by atoms with Crippen LogP contribution < -0.4 is 5.32 Å². The molecule has 1 heterocycles. The van der Waals surface area contributed by atoms with Crippen LogP contribution >= 0.6 is 27.5 Å². The number of carbonyl (C=O) groups excluding carboxylic acids is 1. The summed E-state index contributed by atoms with van der Waals surface area (Å²) >= 11 is 9.59. The molecule has 0 saturated carbocycles. The molecule has 1 fully saturated rings. The van der Waals surface area contributed by atoms with Crippen molar-refractivity contribution in [2.24, 2.45) is 0 Å². The zero-order valence-corrected chi connectivity index (χ0v) is 14.0. The predicted molar refractivity (Wildman–Crippen MR) is 86.4 cm³/mol. The van der Waals surface area contributed by atoms with Crippen LogP contribution in [0.3, 0.4) is 0 Å². The van der Waals surface area contributed by atoms with Gasteiger partial charge < -0.3 is 10.2 Å². The number of carbonyl (C=O) groups is 1. The number of benzene rings is 1. The van der Waals surface area contributed by atoms with E-state index in [0.29, 0.717) is 16.6 Å². The molecule has 3 nitrogen and oxygen atoms in total. The maximum absolute atomic E-state index is 12.7. The molecule has 0 bridgehead atoms. The van der Waals surface area contributed by atoms with Crippen molar-refractivity contribution in [1.29, 1.82) is 0 Å². The van der Waals surface area contributed by atoms with Gasteiger partial charge in [-0.2, -0.15) is 0 Å². The van der Waals surface area contributed by atoms with Crippen LogP contribution in [0, 0.1) is 0 Å². The standard InChI is InChI=1S/C15H20BrClN2O/c1-18-8-7-12-4-2-3-9-19(12)15(20)13-10-11(16)5-6-14(13)17/h5-6,10,12,18H,2-4,7-9H2,1H3. The first-order chi connectivity index (χ1) is 9.63. The lowest BCUT2D eigenvalue weighted by Gasteiger charge is -2.36. The molecule has 1 aliphatic heterocycles. The van der Waals surface area contributed by atoms with Crippen molar-refractivity contribution in [2.75, 3.05) is 20.1 Å². The molecule has 0 spiro atoms. The summed E-state index contributed by atoms with van der Waals surface area (Å²) in [6.45, 7) is 1.76. The van der Waals surface area contributed by atoms with Gasteiger partial charge in [0.2, 0.25) is 0 Å². The van der Waals surface area contributed by atoms with E-state index in [2.05, 4.69) is 21.2 Å². The Balaban J connectivity index is 2.18. The summed E-state index contributed by atoms with van der Waals surface area (Å²) in [5.74, 6) is 0.0529. The second-order valence-corrected chi connectivity index (χ2v) is 6.49. The third-order valence-electron chi connectivity index (χ3n) is 3.77. The van der Waals surface area contributed by atoms with Crippen LogP contribution in [0.1, 0.15) is 36.0 Å². The maximum Gasteiger partial charge on any atom is 0.255 e. The topological polar surface area (TPSA) is 32.3 Å². The average molecular weight is 360 g/mol. The summed E-state index contributed by atoms with van der Waals surface area (Å²) in [5.41, 5.74) is 0.595. The monoisotopic (exact) mass is 358 g/mol. The second kappa shape index (κ2) is 7.43. The number of likely N-dealkylation sites (tertiary alicyclic amines) is 1. The molecule has 1 atom stereocenters. The lowest BCUT2D eigenvalue weighted by atomic mass is 9.98. The van der Waals surface area contributed by atoms with E-state index >= 15 is 0 Å². The lowest BCUT2D eigenvalue weighted by Crippen LogP contribution is -2.44. The summed E-state index contributed by atoms with van der Waals surface area (Å²) in [7, 11) is 1.94. The summed E-state index contributed by atoms with van der Waals surface area (Å²) in [4.78, 5) is 14.7. The highest BCUT2D eigenvalue weighted by molar-refractivity contribution is 9.10. The van der Waals surface area contributed by atoms with Gasteiger partial charge in [-0.05, 0) is 57.5 Å². The van der Waals surface area contributed by atoms with Crippen molar-refractivity contribution < 1.29 is 4.79 Å². The van der Waals surface area contributed by atoms with Crippen molar-refractivity contribution in [2.45, 2.75) is 31.7 Å². The smallest absolute Gasteiger partial charge is 0.255 e. The highest BCUT2D eigenvalue weighted by Crippen LogP contribution is 2.26. The number of piperidine rings is 1. The van der Waals surface area contributed by atoms with E-state index in [-0.39, 0.29) is 5.91 Å². The minimum Gasteiger partial charge on any atom is -0.336 e. The van der Waals surface area contributed by atoms with Crippen LogP contribution in [0.15, 0.2) is 22.7 Å². The van der Waals surface area contributed by atoms with Crippen molar-refractivity contribution in [3.8, 4) is 0 Å². The zero-order valence-electron chi connectivity index (χ0n) is 11.7. The van der Waals surface area contributed by atoms with Gasteiger partial charge in [-0.1, -0.05) is 27.5 Å². The fourth-order valence-corrected chi connectivity index (χ4v) is 3.25. The highest BCUT2D eigenvalue weighted by atomic mass is 79.9. The van der Waals surface area contributed by atoms with Gasteiger partial charge in [0.05, 0.1) is 10.6 Å². The molecule has 20 heavy (non-hydrogen) atoms. The van der Waals surface area contributed by atoms with E-state index < -0.39 is 0 Å². The summed E-state index contributed by atoms with van der Waals surface area (Å²) in [6.07, 6.45) is 4.35. The molecule has 1 N–H and O–H groups in total. The molecular formula is C15H20BrClN2O. The average Bonchev–Trinajstić information content (AvgIpc) is 2.47. The third kappa shape index (κ3) is 3.74. The zero-order chi connectivity index (χ0) is 14.5. The van der Waals surface area contributed by atoms with Gasteiger partial charge in [-0.3, -0.25) is 4.79 Å². The van der Waals surface area contributed by atoms with E-state index in [4.69, 9.17) is 11.6 Å². The Kier molecular flexibility index (Phi) is 5.87. The normalized spacial score (nSPS) is 19.1. The van der Waals surface area contributed by atoms with Crippen molar-refractivity contribution in [3.05, 3.63) is 33.3 Å². The molecule has 2 rings (SSSR count). The fraction of sp³-hybridized carbons (Fsp3) is 0.533. The number of hydrogen-bond donors (Lipinski definition) is 1. The van der Waals surface area contributed by atoms with Crippen molar-refractivity contribution in [3.63, 3.8) is 0 Å². The Morgan fingerprint density at radius 1 is 1.50 bits per heavy atom. The molecule has 1 aliphatic rings. The van der Waals surface area contributed by atoms with Crippen LogP contribution in [0.5, 0.6) is 0 Å². The molecular weight excluding hydrogens is 340 g/mol. The van der Waals surface area contributed by atoms with Crippen LogP contribution in [0.25, 0.3) is 0 Å². The summed E-state index contributed by atoms with van der Waals surface area (Å²) < 4.78 is 0.883. The van der Waals surface area contributed by atoms with E-state index in [1.165, 1.54) is 6.42 Å². The molecule has 1 unspecified atom stereocenters. The Labute approximate surface area is 133 Å². The van der Waals surface area contributed by atoms with Gasteiger partial charge in [0.15, 0.2) is 0 Å². The molecule has 1 aromatic rings. The van der Waals surface area contributed by atoms with Gasteiger partial charge in [-0.25, -0.2) is 0 Å². The van der Waals surface area contributed by atoms with Gasteiger partial charge in [0.1, 0.15) is 0 Å². The Morgan fingerprint density at radius 3 is 3.05 bits per heavy atom. The first-order valence-corrected chi connectivity index (χ1v) is 8.21. The largest absolute Gasteiger partial charge is 0.336 e. The first-order valence-electron chi connectivity index (χ1n) is 7.04. The number of nitrogens with zero attached hydrogens (tertiary/aromatic N) is 1. The van der Waals surface area contributed by atoms with E-state index in [0.717, 1.165) is 36.8 Å². The van der Waals surface area contributed by atoms with Crippen molar-refractivity contribution >= 4 is 33.4 Å². The minimum absolute atomic E-state index is 0.0529. The molecule has 0 radical (unpaired) electrons. The second-order valence-electron chi connectivity index (χ2n) is 5.16. The molecule has 0 aliphatic carbocycles. The molecule has 0 aromatic heterocycles. The minimum atomic E-state index is 0.0529. The molecule has 1 amide bonds. The van der Waals surface area contributed by atoms with Crippen LogP contribution in [0.2, 0.25) is 5.02 Å². The predicted octanol–water partition coefficient (Wildman–Crippen LogP) is 3.71. The van der Waals surface area contributed by atoms with E-state index in [1.54, 1.807) is 6.07 Å².